The van der Waals surface area contributed by atoms with Crippen molar-refractivity contribution >= 4 is 0 Å². The molecule has 0 atom stereocenters. The second-order valence-electron chi connectivity index (χ2n) is 5.26. The first-order valence-corrected chi connectivity index (χ1v) is 6.99. The van der Waals surface area contributed by atoms with Gasteiger partial charge in [0.15, 0.2) is 34.9 Å². The molecule has 3 aromatic carbocycles. The molecule has 0 amide bonds. The molecule has 0 aliphatic rings. The molecule has 134 valence electrons. The Morgan fingerprint density at radius 2 is 0.692 bits per heavy atom. The van der Waals surface area contributed by atoms with Crippen LogP contribution in [-0.4, -0.2) is 0 Å². The predicted molar refractivity (Wildman–Crippen MR) is 77.0 cm³/mol. The largest absolute Gasteiger partial charge is 0.206 e. The molecule has 0 aromatic heterocycles. The van der Waals surface area contributed by atoms with Crippen LogP contribution in [0.3, 0.4) is 0 Å². The quantitative estimate of drug-likeness (QED) is 0.287. The van der Waals surface area contributed by atoms with E-state index in [2.05, 4.69) is 0 Å². The Labute approximate surface area is 141 Å². The lowest BCUT2D eigenvalue weighted by Crippen LogP contribution is -2.00. The third-order valence-corrected chi connectivity index (χ3v) is 3.69. The fraction of sp³-hybridized carbons (Fsp3) is 0. The van der Waals surface area contributed by atoms with Crippen molar-refractivity contribution in [2.75, 3.05) is 0 Å². The van der Waals surface area contributed by atoms with Crippen molar-refractivity contribution in [1.82, 2.24) is 0 Å². The molecule has 26 heavy (non-hydrogen) atoms. The summed E-state index contributed by atoms with van der Waals surface area (Å²) in [4.78, 5) is 0. The van der Waals surface area contributed by atoms with Crippen LogP contribution in [0.5, 0.6) is 0 Å². The van der Waals surface area contributed by atoms with Gasteiger partial charge >= 0.3 is 0 Å². The highest BCUT2D eigenvalue weighted by Crippen LogP contribution is 2.33. The standard InChI is InChI=1S/C18H6F8/c19-9-5-11(21)15(23)17(25)13(9)7-1-2-8(4-3-7)14-10(20)6-12(22)16(24)18(14)26/h1-6H. The predicted octanol–water partition coefficient (Wildman–Crippen LogP) is 6.13. The molecule has 0 N–H and O–H groups in total. The third-order valence-electron chi connectivity index (χ3n) is 3.69. The summed E-state index contributed by atoms with van der Waals surface area (Å²) < 4.78 is 108. The fourth-order valence-corrected chi connectivity index (χ4v) is 2.47. The van der Waals surface area contributed by atoms with Gasteiger partial charge in [-0.1, -0.05) is 24.3 Å². The van der Waals surface area contributed by atoms with E-state index in [1.165, 1.54) is 0 Å². The molecule has 0 aliphatic heterocycles. The molecule has 0 fully saturated rings. The Morgan fingerprint density at radius 3 is 1.00 bits per heavy atom. The highest BCUT2D eigenvalue weighted by Gasteiger charge is 2.22. The first-order valence-electron chi connectivity index (χ1n) is 6.99. The van der Waals surface area contributed by atoms with Gasteiger partial charge in [0.05, 0.1) is 11.1 Å². The van der Waals surface area contributed by atoms with Crippen LogP contribution in [0.25, 0.3) is 22.3 Å². The van der Waals surface area contributed by atoms with E-state index < -0.39 is 57.7 Å². The first-order chi connectivity index (χ1) is 12.2. The van der Waals surface area contributed by atoms with Gasteiger partial charge in [-0.05, 0) is 11.1 Å². The van der Waals surface area contributed by atoms with E-state index in [-0.39, 0.29) is 23.3 Å². The Morgan fingerprint density at radius 1 is 0.385 bits per heavy atom. The summed E-state index contributed by atoms with van der Waals surface area (Å²) in [6.45, 7) is 0. The van der Waals surface area contributed by atoms with Gasteiger partial charge in [-0.15, -0.1) is 0 Å². The van der Waals surface area contributed by atoms with Crippen LogP contribution in [0.2, 0.25) is 0 Å². The van der Waals surface area contributed by atoms with E-state index in [1.807, 2.05) is 0 Å². The van der Waals surface area contributed by atoms with E-state index in [0.717, 1.165) is 24.3 Å². The summed E-state index contributed by atoms with van der Waals surface area (Å²) in [6, 6.07) is 4.16. The molecule has 0 saturated carbocycles. The Balaban J connectivity index is 2.12. The number of hydrogen-bond donors (Lipinski definition) is 0. The maximum absolute atomic E-state index is 13.8. The minimum Gasteiger partial charge on any atom is -0.206 e. The van der Waals surface area contributed by atoms with Gasteiger partial charge in [-0.3, -0.25) is 0 Å². The normalized spacial score (nSPS) is 11.1. The summed E-state index contributed by atoms with van der Waals surface area (Å²) in [7, 11) is 0. The van der Waals surface area contributed by atoms with E-state index >= 15 is 0 Å². The lowest BCUT2D eigenvalue weighted by molar-refractivity contribution is 0.437. The molecule has 0 saturated heterocycles. The van der Waals surface area contributed by atoms with Crippen LogP contribution in [-0.2, 0) is 0 Å². The zero-order valence-electron chi connectivity index (χ0n) is 12.5. The van der Waals surface area contributed by atoms with Gasteiger partial charge in [0.2, 0.25) is 0 Å². The molecule has 0 aliphatic carbocycles. The topological polar surface area (TPSA) is 0 Å². The smallest absolute Gasteiger partial charge is 0.195 e. The van der Waals surface area contributed by atoms with Crippen molar-refractivity contribution in [2.45, 2.75) is 0 Å². The minimum absolute atomic E-state index is 0.149. The Bertz CT molecular complexity index is 927. The van der Waals surface area contributed by atoms with Gasteiger partial charge in [0, 0.05) is 12.1 Å². The van der Waals surface area contributed by atoms with Gasteiger partial charge in [-0.2, -0.15) is 0 Å². The van der Waals surface area contributed by atoms with Crippen molar-refractivity contribution in [1.29, 1.82) is 0 Å². The molecule has 3 aromatic rings. The van der Waals surface area contributed by atoms with Gasteiger partial charge in [0.1, 0.15) is 11.6 Å². The Hall–Kier alpha value is -2.90. The van der Waals surface area contributed by atoms with Crippen LogP contribution in [0.1, 0.15) is 0 Å². The average Bonchev–Trinajstić information content (AvgIpc) is 2.59. The van der Waals surface area contributed by atoms with Crippen molar-refractivity contribution in [2.24, 2.45) is 0 Å². The molecule has 0 bridgehead atoms. The van der Waals surface area contributed by atoms with E-state index in [9.17, 15) is 35.1 Å². The average molecular weight is 374 g/mol. The van der Waals surface area contributed by atoms with Crippen LogP contribution < -0.4 is 0 Å². The molecule has 0 nitrogen and oxygen atoms in total. The van der Waals surface area contributed by atoms with Crippen molar-refractivity contribution in [3.05, 3.63) is 82.9 Å². The van der Waals surface area contributed by atoms with Crippen LogP contribution >= 0.6 is 0 Å². The van der Waals surface area contributed by atoms with Crippen molar-refractivity contribution < 1.29 is 35.1 Å². The third kappa shape index (κ3) is 2.81. The molecule has 0 radical (unpaired) electrons. The maximum atomic E-state index is 13.8. The van der Waals surface area contributed by atoms with Gasteiger partial charge in [0.25, 0.3) is 0 Å². The van der Waals surface area contributed by atoms with E-state index in [1.54, 1.807) is 0 Å². The summed E-state index contributed by atoms with van der Waals surface area (Å²) in [5.41, 5.74) is -2.29. The summed E-state index contributed by atoms with van der Waals surface area (Å²) in [5, 5.41) is 0. The maximum Gasteiger partial charge on any atom is 0.195 e. The highest BCUT2D eigenvalue weighted by molar-refractivity contribution is 5.72. The summed E-state index contributed by atoms with van der Waals surface area (Å²) in [5.74, 6) is -13.5. The Kier molecular flexibility index (Phi) is 4.43. The second kappa shape index (κ2) is 6.44. The van der Waals surface area contributed by atoms with Crippen molar-refractivity contribution in [3.63, 3.8) is 0 Å². The van der Waals surface area contributed by atoms with Gasteiger partial charge < -0.3 is 0 Å². The monoisotopic (exact) mass is 374 g/mol. The van der Waals surface area contributed by atoms with E-state index in [0.29, 0.717) is 0 Å². The summed E-state index contributed by atoms with van der Waals surface area (Å²) in [6.07, 6.45) is 0. The fourth-order valence-electron chi connectivity index (χ4n) is 2.47. The zero-order valence-corrected chi connectivity index (χ0v) is 12.5. The SMILES string of the molecule is Fc1cc(F)c(-c2ccc(-c3c(F)cc(F)c(F)c3F)cc2)c(F)c1F. The molecular formula is C18H6F8. The molecule has 0 spiro atoms. The first kappa shape index (κ1) is 17.9. The number of halogens is 8. The minimum atomic E-state index is -1.89. The lowest BCUT2D eigenvalue weighted by atomic mass is 9.98. The number of hydrogen-bond acceptors (Lipinski definition) is 0. The van der Waals surface area contributed by atoms with Crippen molar-refractivity contribution in [3.8, 4) is 22.3 Å². The second-order valence-corrected chi connectivity index (χ2v) is 5.26. The molecule has 3 rings (SSSR count). The molecule has 0 unspecified atom stereocenters. The highest BCUT2D eigenvalue weighted by atomic mass is 19.2. The summed E-state index contributed by atoms with van der Waals surface area (Å²) >= 11 is 0. The van der Waals surface area contributed by atoms with Crippen LogP contribution in [0.15, 0.2) is 36.4 Å². The van der Waals surface area contributed by atoms with Crippen LogP contribution in [0.4, 0.5) is 35.1 Å². The van der Waals surface area contributed by atoms with Crippen LogP contribution in [0, 0.1) is 46.5 Å². The van der Waals surface area contributed by atoms with Gasteiger partial charge in [-0.25, -0.2) is 35.1 Å². The lowest BCUT2D eigenvalue weighted by Gasteiger charge is -2.10. The molecule has 0 heterocycles. The number of rotatable bonds is 2. The zero-order chi connectivity index (χ0) is 19.2. The molecule has 8 heteroatoms. The van der Waals surface area contributed by atoms with E-state index in [4.69, 9.17) is 0 Å². The molecular weight excluding hydrogens is 368 g/mol. The number of benzene rings is 3.